The van der Waals surface area contributed by atoms with Gasteiger partial charge in [-0.05, 0) is 50.6 Å². The van der Waals surface area contributed by atoms with E-state index in [9.17, 15) is 4.79 Å². The number of nitrogen functional groups attached to an aromatic ring is 1. The SMILES string of the molecule is COc1ccc(C)cc1C(=O)C(C)Oc1ccc(C)cc1N. The standard InChI is InChI=1S/C18H21NO3/c1-11-5-7-16(21-4)14(9-11)18(20)13(3)22-17-8-6-12(2)10-15(17)19/h5-10,13H,19H2,1-4H3. The summed E-state index contributed by atoms with van der Waals surface area (Å²) >= 11 is 0. The van der Waals surface area contributed by atoms with Gasteiger partial charge in [-0.2, -0.15) is 0 Å². The van der Waals surface area contributed by atoms with Crippen molar-refractivity contribution in [3.63, 3.8) is 0 Å². The number of rotatable bonds is 5. The number of anilines is 1. The third-order valence-corrected chi connectivity index (χ3v) is 3.46. The van der Waals surface area contributed by atoms with E-state index in [-0.39, 0.29) is 5.78 Å². The fourth-order valence-corrected chi connectivity index (χ4v) is 2.25. The Bertz CT molecular complexity index is 695. The van der Waals surface area contributed by atoms with Crippen molar-refractivity contribution in [1.82, 2.24) is 0 Å². The molecule has 0 aliphatic heterocycles. The summed E-state index contributed by atoms with van der Waals surface area (Å²) in [7, 11) is 1.55. The van der Waals surface area contributed by atoms with Crippen LogP contribution in [-0.2, 0) is 0 Å². The van der Waals surface area contributed by atoms with Crippen LogP contribution in [0.5, 0.6) is 11.5 Å². The second kappa shape index (κ2) is 6.52. The maximum absolute atomic E-state index is 12.6. The van der Waals surface area contributed by atoms with Crippen LogP contribution < -0.4 is 15.2 Å². The molecule has 0 heterocycles. The topological polar surface area (TPSA) is 61.5 Å². The largest absolute Gasteiger partial charge is 0.496 e. The molecule has 0 aromatic heterocycles. The number of hydrogen-bond acceptors (Lipinski definition) is 4. The van der Waals surface area contributed by atoms with Gasteiger partial charge in [0.15, 0.2) is 6.10 Å². The minimum atomic E-state index is -0.652. The van der Waals surface area contributed by atoms with Crippen LogP contribution in [0, 0.1) is 13.8 Å². The monoisotopic (exact) mass is 299 g/mol. The van der Waals surface area contributed by atoms with Crippen molar-refractivity contribution < 1.29 is 14.3 Å². The van der Waals surface area contributed by atoms with Gasteiger partial charge < -0.3 is 15.2 Å². The normalized spacial score (nSPS) is 11.8. The molecule has 4 heteroatoms. The van der Waals surface area contributed by atoms with Gasteiger partial charge in [0.1, 0.15) is 11.5 Å². The average molecular weight is 299 g/mol. The number of ketones is 1. The molecule has 0 amide bonds. The lowest BCUT2D eigenvalue weighted by molar-refractivity contribution is 0.0816. The molecule has 0 aliphatic rings. The Morgan fingerprint density at radius 3 is 2.23 bits per heavy atom. The van der Waals surface area contributed by atoms with Crippen molar-refractivity contribution in [2.24, 2.45) is 0 Å². The lowest BCUT2D eigenvalue weighted by Gasteiger charge is -2.17. The summed E-state index contributed by atoms with van der Waals surface area (Å²) in [6, 6.07) is 11.0. The molecule has 4 nitrogen and oxygen atoms in total. The van der Waals surface area contributed by atoms with Gasteiger partial charge >= 0.3 is 0 Å². The molecule has 0 saturated carbocycles. The fourth-order valence-electron chi connectivity index (χ4n) is 2.25. The highest BCUT2D eigenvalue weighted by atomic mass is 16.5. The first kappa shape index (κ1) is 15.9. The van der Waals surface area contributed by atoms with Gasteiger partial charge in [-0.3, -0.25) is 4.79 Å². The molecule has 0 radical (unpaired) electrons. The summed E-state index contributed by atoms with van der Waals surface area (Å²) in [5.41, 5.74) is 9.00. The van der Waals surface area contributed by atoms with Gasteiger partial charge in [0.25, 0.3) is 0 Å². The summed E-state index contributed by atoms with van der Waals surface area (Å²) in [4.78, 5) is 12.6. The highest BCUT2D eigenvalue weighted by Gasteiger charge is 2.21. The third-order valence-electron chi connectivity index (χ3n) is 3.46. The zero-order chi connectivity index (χ0) is 16.3. The summed E-state index contributed by atoms with van der Waals surface area (Å²) in [5.74, 6) is 0.918. The van der Waals surface area contributed by atoms with Gasteiger partial charge in [-0.15, -0.1) is 0 Å². The summed E-state index contributed by atoms with van der Waals surface area (Å²) in [6.45, 7) is 5.59. The third kappa shape index (κ3) is 3.39. The molecule has 0 aliphatic carbocycles. The van der Waals surface area contributed by atoms with Crippen LogP contribution in [0.15, 0.2) is 36.4 Å². The fraction of sp³-hybridized carbons (Fsp3) is 0.278. The van der Waals surface area contributed by atoms with E-state index in [1.54, 1.807) is 32.2 Å². The van der Waals surface area contributed by atoms with E-state index < -0.39 is 6.10 Å². The van der Waals surface area contributed by atoms with Crippen LogP contribution in [-0.4, -0.2) is 19.0 Å². The Kier molecular flexibility index (Phi) is 4.71. The molecule has 2 aromatic carbocycles. The molecule has 2 N–H and O–H groups in total. The van der Waals surface area contributed by atoms with Crippen LogP contribution >= 0.6 is 0 Å². The zero-order valence-electron chi connectivity index (χ0n) is 13.3. The minimum Gasteiger partial charge on any atom is -0.496 e. The molecule has 116 valence electrons. The quantitative estimate of drug-likeness (QED) is 0.677. The second-order valence-electron chi connectivity index (χ2n) is 5.37. The molecule has 0 spiro atoms. The molecule has 2 rings (SSSR count). The number of benzene rings is 2. The average Bonchev–Trinajstić information content (AvgIpc) is 2.49. The van der Waals surface area contributed by atoms with Gasteiger partial charge in [-0.25, -0.2) is 0 Å². The number of hydrogen-bond donors (Lipinski definition) is 1. The first-order chi connectivity index (χ1) is 10.4. The van der Waals surface area contributed by atoms with E-state index in [1.807, 2.05) is 32.0 Å². The first-order valence-corrected chi connectivity index (χ1v) is 7.14. The molecule has 0 saturated heterocycles. The van der Waals surface area contributed by atoms with Gasteiger partial charge in [-0.1, -0.05) is 17.7 Å². The molecule has 0 bridgehead atoms. The Morgan fingerprint density at radius 1 is 1.05 bits per heavy atom. The number of carbonyl (C=O) groups is 1. The van der Waals surface area contributed by atoms with E-state index in [1.165, 1.54) is 0 Å². The summed E-state index contributed by atoms with van der Waals surface area (Å²) in [5, 5.41) is 0. The minimum absolute atomic E-state index is 0.138. The van der Waals surface area contributed by atoms with Crippen molar-refractivity contribution in [1.29, 1.82) is 0 Å². The van der Waals surface area contributed by atoms with Crippen LogP contribution in [0.3, 0.4) is 0 Å². The smallest absolute Gasteiger partial charge is 0.206 e. The van der Waals surface area contributed by atoms with Crippen molar-refractivity contribution in [3.8, 4) is 11.5 Å². The molecule has 1 unspecified atom stereocenters. The number of carbonyl (C=O) groups excluding carboxylic acids is 1. The van der Waals surface area contributed by atoms with Crippen LogP contribution in [0.25, 0.3) is 0 Å². The predicted octanol–water partition coefficient (Wildman–Crippen LogP) is 3.54. The maximum Gasteiger partial charge on any atom is 0.206 e. The Hall–Kier alpha value is -2.49. The molecular formula is C18H21NO3. The molecule has 0 fully saturated rings. The summed E-state index contributed by atoms with van der Waals surface area (Å²) in [6.07, 6.45) is -0.652. The highest BCUT2D eigenvalue weighted by molar-refractivity contribution is 6.02. The molecule has 1 atom stereocenters. The number of ether oxygens (including phenoxy) is 2. The maximum atomic E-state index is 12.6. The first-order valence-electron chi connectivity index (χ1n) is 7.14. The van der Waals surface area contributed by atoms with Gasteiger partial charge in [0, 0.05) is 0 Å². The van der Waals surface area contributed by atoms with Gasteiger partial charge in [0.05, 0.1) is 18.4 Å². The van der Waals surface area contributed by atoms with Crippen molar-refractivity contribution >= 4 is 11.5 Å². The Balaban J connectivity index is 2.24. The van der Waals surface area contributed by atoms with Crippen molar-refractivity contribution in [2.75, 3.05) is 12.8 Å². The van der Waals surface area contributed by atoms with E-state index in [0.717, 1.165) is 11.1 Å². The van der Waals surface area contributed by atoms with E-state index >= 15 is 0 Å². The molecule has 22 heavy (non-hydrogen) atoms. The highest BCUT2D eigenvalue weighted by Crippen LogP contribution is 2.26. The Morgan fingerprint density at radius 2 is 1.64 bits per heavy atom. The van der Waals surface area contributed by atoms with E-state index in [0.29, 0.717) is 22.7 Å². The predicted molar refractivity (Wildman–Crippen MR) is 87.7 cm³/mol. The molecular weight excluding hydrogens is 278 g/mol. The lowest BCUT2D eigenvalue weighted by atomic mass is 10.0. The second-order valence-corrected chi connectivity index (χ2v) is 5.37. The summed E-state index contributed by atoms with van der Waals surface area (Å²) < 4.78 is 11.0. The number of Topliss-reactive ketones (excluding diaryl/α,β-unsaturated/α-hetero) is 1. The number of aryl methyl sites for hydroxylation is 2. The van der Waals surface area contributed by atoms with Crippen LogP contribution in [0.4, 0.5) is 5.69 Å². The lowest BCUT2D eigenvalue weighted by Crippen LogP contribution is -2.25. The van der Waals surface area contributed by atoms with Crippen LogP contribution in [0.2, 0.25) is 0 Å². The van der Waals surface area contributed by atoms with E-state index in [4.69, 9.17) is 15.2 Å². The van der Waals surface area contributed by atoms with Gasteiger partial charge in [0.2, 0.25) is 5.78 Å². The Labute approximate surface area is 130 Å². The molecule has 2 aromatic rings. The zero-order valence-corrected chi connectivity index (χ0v) is 13.3. The van der Waals surface area contributed by atoms with Crippen molar-refractivity contribution in [2.45, 2.75) is 26.9 Å². The number of nitrogens with two attached hydrogens (primary N) is 1. The van der Waals surface area contributed by atoms with Crippen molar-refractivity contribution in [3.05, 3.63) is 53.1 Å². The van der Waals surface area contributed by atoms with E-state index in [2.05, 4.69) is 0 Å². The number of methoxy groups -OCH3 is 1. The van der Waals surface area contributed by atoms with Crippen LogP contribution in [0.1, 0.15) is 28.4 Å².